The van der Waals surface area contributed by atoms with Crippen molar-refractivity contribution < 1.29 is 92.7 Å². The van der Waals surface area contributed by atoms with E-state index < -0.39 is 210 Å². The SMILES string of the molecule is CC[C@H](C)[C@@H]1NC(=O)[C@H](CC)N(C)C(=O)C[C@@H](C(=O)N(C)C)N(C)C(=O)[C@H](C2CCCC2)N(C)C(=O)C2(CCC2)NC(=O)[C@@H]2CSCCN2C(=O)[C@@H](CCc2cc(F)c(C(F)(F)F)c(F)c2)NC(=O)CN(C)C(=O)[C@H](Cc2ccc(C(F)(F)F)cc2)N2CC/C=C\C[C@@H](C2=O)N(C)C(=O)CN(C)C1=O. The Morgan fingerprint density at radius 1 is 0.663 bits per heavy atom. The van der Waals surface area contributed by atoms with E-state index >= 15 is 37.5 Å². The van der Waals surface area contributed by atoms with Gasteiger partial charge in [-0.1, -0.05) is 64.3 Å². The molecule has 4 fully saturated rings. The van der Waals surface area contributed by atoms with Crippen LogP contribution in [0.3, 0.4) is 0 Å². The third-order valence-electron chi connectivity index (χ3n) is 20.9. The molecule has 2 saturated carbocycles. The number of hydrogen-bond acceptors (Lipinski definition) is 13. The van der Waals surface area contributed by atoms with E-state index in [1.165, 1.54) is 70.9 Å². The molecule has 33 heteroatoms. The van der Waals surface area contributed by atoms with Gasteiger partial charge in [-0.15, -0.1) is 0 Å². The summed E-state index contributed by atoms with van der Waals surface area (Å²) in [5.41, 5.74) is -5.16. The molecule has 12 amide bonds. The van der Waals surface area contributed by atoms with Crippen molar-refractivity contribution in [2.24, 2.45) is 11.8 Å². The van der Waals surface area contributed by atoms with Crippen molar-refractivity contribution in [1.82, 2.24) is 60.0 Å². The molecule has 0 unspecified atom stereocenters. The Morgan fingerprint density at radius 3 is 1.86 bits per heavy atom. The summed E-state index contributed by atoms with van der Waals surface area (Å²) in [7, 11) is 10.6. The van der Waals surface area contributed by atoms with Crippen LogP contribution in [-0.2, 0) is 82.7 Å². The minimum atomic E-state index is -5.45. The Bertz CT molecular complexity index is 3530. The number of likely N-dealkylation sites (N-methyl/N-ethyl adjacent to an activating group) is 7. The van der Waals surface area contributed by atoms with Crippen molar-refractivity contribution in [2.45, 2.75) is 183 Å². The number of carbonyl (C=O) groups is 12. The number of alkyl halides is 6. The second-order valence-electron chi connectivity index (χ2n) is 28.1. The molecule has 2 aliphatic carbocycles. The Morgan fingerprint density at radius 2 is 1.29 bits per heavy atom. The number of halogens is 8. The molecule has 0 radical (unpaired) electrons. The zero-order chi connectivity index (χ0) is 77.2. The highest BCUT2D eigenvalue weighted by Crippen LogP contribution is 2.39. The quantitative estimate of drug-likeness (QED) is 0.208. The van der Waals surface area contributed by atoms with Gasteiger partial charge >= 0.3 is 12.4 Å². The van der Waals surface area contributed by atoms with Crippen molar-refractivity contribution in [3.05, 3.63) is 82.4 Å². The molecule has 0 aromatic heterocycles. The van der Waals surface area contributed by atoms with Gasteiger partial charge in [-0.25, -0.2) is 8.78 Å². The lowest BCUT2D eigenvalue weighted by Gasteiger charge is -2.47. The van der Waals surface area contributed by atoms with Crippen LogP contribution in [0, 0.1) is 23.5 Å². The number of amides is 12. The van der Waals surface area contributed by atoms with E-state index in [-0.39, 0.29) is 67.8 Å². The smallest absolute Gasteiger partial charge is 0.347 e. The van der Waals surface area contributed by atoms with Gasteiger partial charge in [0, 0.05) is 87.4 Å². The average Bonchev–Trinajstić information content (AvgIpc) is 0.943. The third kappa shape index (κ3) is 19.4. The molecule has 1 spiro atoms. The normalized spacial score (nSPS) is 26.0. The molecule has 7 rings (SSSR count). The molecular weight excluding hydrogens is 1400 g/mol. The van der Waals surface area contributed by atoms with Gasteiger partial charge in [0.2, 0.25) is 70.9 Å². The first-order valence-corrected chi connectivity index (χ1v) is 36.2. The lowest BCUT2D eigenvalue weighted by molar-refractivity contribution is -0.158. The van der Waals surface area contributed by atoms with Gasteiger partial charge in [-0.05, 0) is 111 Å². The Balaban J connectivity index is 1.32. The third-order valence-corrected chi connectivity index (χ3v) is 21.9. The van der Waals surface area contributed by atoms with Gasteiger partial charge in [-0.2, -0.15) is 38.1 Å². The van der Waals surface area contributed by atoms with Crippen molar-refractivity contribution in [1.29, 1.82) is 0 Å². The molecule has 2 bridgehead atoms. The maximum Gasteiger partial charge on any atom is 0.422 e. The van der Waals surface area contributed by atoms with E-state index in [4.69, 9.17) is 0 Å². The van der Waals surface area contributed by atoms with E-state index in [0.29, 0.717) is 50.7 Å². The van der Waals surface area contributed by atoms with Crippen LogP contribution in [0.25, 0.3) is 0 Å². The summed E-state index contributed by atoms with van der Waals surface area (Å²) in [5.74, 6) is -14.8. The number of carbonyl (C=O) groups excluding carboxylic acids is 12. The fourth-order valence-corrected chi connectivity index (χ4v) is 15.3. The number of hydrogen-bond donors (Lipinski definition) is 3. The van der Waals surface area contributed by atoms with Gasteiger partial charge in [0.1, 0.15) is 71.1 Å². The predicted molar refractivity (Wildman–Crippen MR) is 367 cm³/mol. The first-order chi connectivity index (χ1) is 48.8. The monoisotopic (exact) mass is 1490 g/mol. The standard InChI is InChI=1S/C71H96F8N12O12S/c1-12-41(3)58-66(101)85(7)39-56(94)87(9)50-22-15-14-18-31-90(65(50)100)52(36-42-23-26-45(27-24-42)70(74,75)76)64(99)84(6)38-54(92)80-48(28-25-43-34-46(72)57(47(73)35-43)71(77,78)79)62(97)91-32-33-104-40-53(91)61(96)82-69(29-19-30-69)68(103)89(11)59(44-20-16-17-21-44)67(102)88(10)51(63(98)83(4)5)37-55(93)86(8)49(13-2)60(95)81-58/h14-15,23-24,26-27,34-35,41,44,48-53,58-59H,12-13,16-22,25,28-33,36-40H2,1-11H3,(H,80,92)(H,81,95)(H,82,96)/b15-14-/t41-,48+,49-,50-,51-,52-,53-,58-,59-/m0/s1. The van der Waals surface area contributed by atoms with E-state index in [1.54, 1.807) is 32.9 Å². The fourth-order valence-electron chi connectivity index (χ4n) is 14.2. The number of benzene rings is 2. The Kier molecular flexibility index (Phi) is 28.0. The molecule has 2 aromatic carbocycles. The molecule has 3 N–H and O–H groups in total. The average molecular weight is 1490 g/mol. The molecule has 5 aliphatic rings. The number of nitrogens with zero attached hydrogens (tertiary/aromatic N) is 9. The summed E-state index contributed by atoms with van der Waals surface area (Å²) in [6, 6.07) is -7.04. The minimum absolute atomic E-state index is 0.0104. The number of nitrogens with one attached hydrogen (secondary N) is 3. The molecule has 3 aliphatic heterocycles. The summed E-state index contributed by atoms with van der Waals surface area (Å²) in [4.78, 5) is 189. The summed E-state index contributed by atoms with van der Waals surface area (Å²) >= 11 is 1.25. The highest BCUT2D eigenvalue weighted by Gasteiger charge is 2.53. The van der Waals surface area contributed by atoms with Crippen LogP contribution in [0.5, 0.6) is 0 Å². The molecule has 2 aromatic rings. The molecule has 574 valence electrons. The van der Waals surface area contributed by atoms with Crippen molar-refractivity contribution in [3.8, 4) is 0 Å². The van der Waals surface area contributed by atoms with E-state index in [0.717, 1.165) is 65.6 Å². The van der Waals surface area contributed by atoms with Crippen LogP contribution >= 0.6 is 11.8 Å². The molecular formula is C71H96F8N12O12S. The van der Waals surface area contributed by atoms with Gasteiger partial charge in [-0.3, -0.25) is 57.5 Å². The summed E-state index contributed by atoms with van der Waals surface area (Å²) in [5, 5.41) is 8.21. The van der Waals surface area contributed by atoms with Gasteiger partial charge < -0.3 is 60.0 Å². The van der Waals surface area contributed by atoms with Crippen LogP contribution in [0.15, 0.2) is 48.6 Å². The number of aryl methyl sites for hydroxylation is 1. The zero-order valence-electron chi connectivity index (χ0n) is 60.6. The largest absolute Gasteiger partial charge is 0.422 e. The summed E-state index contributed by atoms with van der Waals surface area (Å²) < 4.78 is 113. The molecule has 9 atom stereocenters. The highest BCUT2D eigenvalue weighted by molar-refractivity contribution is 7.99. The lowest BCUT2D eigenvalue weighted by Crippen LogP contribution is -2.69. The summed E-state index contributed by atoms with van der Waals surface area (Å²) in [6.45, 7) is 3.02. The molecule has 24 nitrogen and oxygen atoms in total. The minimum Gasteiger partial charge on any atom is -0.347 e. The molecule has 104 heavy (non-hydrogen) atoms. The number of fused-ring (bicyclic) bond motifs is 3. The van der Waals surface area contributed by atoms with Crippen LogP contribution < -0.4 is 16.0 Å². The van der Waals surface area contributed by atoms with Crippen molar-refractivity contribution >= 4 is 82.6 Å². The van der Waals surface area contributed by atoms with Crippen LogP contribution in [0.2, 0.25) is 0 Å². The van der Waals surface area contributed by atoms with E-state index in [1.807, 2.05) is 0 Å². The Labute approximate surface area is 604 Å². The zero-order valence-corrected chi connectivity index (χ0v) is 61.4. The van der Waals surface area contributed by atoms with Crippen molar-refractivity contribution in [2.75, 3.05) is 94.1 Å². The summed E-state index contributed by atoms with van der Waals surface area (Å²) in [6.07, 6.45) is -6.14. The maximum atomic E-state index is 15.4. The second kappa shape index (κ2) is 35.1. The maximum absolute atomic E-state index is 15.4. The first kappa shape index (κ1) is 82.9. The topological polar surface area (TPSA) is 270 Å². The number of rotatable bonds is 10. The highest BCUT2D eigenvalue weighted by atomic mass is 32.2. The first-order valence-electron chi connectivity index (χ1n) is 35.0. The Hall–Kier alpha value is -8.39. The van der Waals surface area contributed by atoms with Gasteiger partial charge in [0.25, 0.3) is 0 Å². The van der Waals surface area contributed by atoms with Gasteiger partial charge in [0.05, 0.1) is 25.1 Å². The van der Waals surface area contributed by atoms with Crippen LogP contribution in [0.1, 0.15) is 126 Å². The lowest BCUT2D eigenvalue weighted by atomic mass is 9.74. The number of thioether (sulfide) groups is 1. The van der Waals surface area contributed by atoms with E-state index in [9.17, 15) is 55.1 Å². The predicted octanol–water partition coefficient (Wildman–Crippen LogP) is 5.04. The van der Waals surface area contributed by atoms with Crippen LogP contribution in [0.4, 0.5) is 35.1 Å². The fraction of sp³-hybridized carbons (Fsp3) is 0.634. The molecule has 3 heterocycles. The molecule has 2 saturated heterocycles. The van der Waals surface area contributed by atoms with E-state index in [2.05, 4.69) is 16.0 Å². The second-order valence-corrected chi connectivity index (χ2v) is 29.2. The van der Waals surface area contributed by atoms with Gasteiger partial charge in [0.15, 0.2) is 0 Å². The van der Waals surface area contributed by atoms with Crippen LogP contribution in [-0.4, -0.2) is 263 Å². The van der Waals surface area contributed by atoms with Crippen molar-refractivity contribution in [3.63, 3.8) is 0 Å².